The Bertz CT molecular complexity index is 215. The lowest BCUT2D eigenvalue weighted by Crippen LogP contribution is -1.97. The Morgan fingerprint density at radius 3 is 3.44 bits per heavy atom. The maximum Gasteiger partial charge on any atom is 0.116 e. The lowest BCUT2D eigenvalue weighted by molar-refractivity contribution is 1.19. The van der Waals surface area contributed by atoms with Crippen molar-refractivity contribution in [2.24, 2.45) is 4.99 Å². The van der Waals surface area contributed by atoms with Crippen molar-refractivity contribution in [3.8, 4) is 0 Å². The van der Waals surface area contributed by atoms with Crippen LogP contribution in [-0.2, 0) is 0 Å². The van der Waals surface area contributed by atoms with Gasteiger partial charge in [-0.05, 0) is 11.5 Å². The van der Waals surface area contributed by atoms with Crippen molar-refractivity contribution in [3.05, 3.63) is 22.9 Å². The van der Waals surface area contributed by atoms with Crippen molar-refractivity contribution in [3.63, 3.8) is 0 Å². The summed E-state index contributed by atoms with van der Waals surface area (Å²) in [5.41, 5.74) is 2.15. The molecule has 0 saturated heterocycles. The number of hydrogen-bond donors (Lipinski definition) is 0. The number of rotatable bonds is 0. The van der Waals surface area contributed by atoms with Gasteiger partial charge in [0.15, 0.2) is 0 Å². The van der Waals surface area contributed by atoms with Crippen LogP contribution in [0.15, 0.2) is 27.9 Å². The minimum Gasteiger partial charge on any atom is -0.238 e. The second-order valence-corrected chi connectivity index (χ2v) is 2.71. The van der Waals surface area contributed by atoms with Crippen molar-refractivity contribution >= 4 is 18.1 Å². The van der Waals surface area contributed by atoms with Crippen molar-refractivity contribution in [1.29, 1.82) is 0 Å². The predicted molar refractivity (Wildman–Crippen MR) is 39.3 cm³/mol. The van der Waals surface area contributed by atoms with E-state index in [4.69, 9.17) is 0 Å². The summed E-state index contributed by atoms with van der Waals surface area (Å²) >= 11 is 1.76. The number of hydrogen-bond acceptors (Lipinski definition) is 2. The van der Waals surface area contributed by atoms with Crippen LogP contribution in [0.4, 0.5) is 0 Å². The van der Waals surface area contributed by atoms with E-state index in [0.717, 1.165) is 17.1 Å². The SMILES string of the molecule is C1=CC2=C(CS1)N=C[N]2. The van der Waals surface area contributed by atoms with Gasteiger partial charge >= 0.3 is 0 Å². The van der Waals surface area contributed by atoms with Gasteiger partial charge in [-0.25, -0.2) is 10.3 Å². The third-order valence-corrected chi connectivity index (χ3v) is 2.02. The third kappa shape index (κ3) is 0.772. The molecule has 2 nitrogen and oxygen atoms in total. The maximum absolute atomic E-state index is 4.07. The molecule has 0 unspecified atom stereocenters. The summed E-state index contributed by atoms with van der Waals surface area (Å²) in [6.07, 6.45) is 3.61. The zero-order valence-corrected chi connectivity index (χ0v) is 5.56. The molecular weight excluding hydrogens is 132 g/mol. The van der Waals surface area contributed by atoms with E-state index in [1.165, 1.54) is 0 Å². The smallest absolute Gasteiger partial charge is 0.116 e. The van der Waals surface area contributed by atoms with E-state index < -0.39 is 0 Å². The predicted octanol–water partition coefficient (Wildman–Crippen LogP) is 1.10. The Balaban J connectivity index is 2.35. The first-order chi connectivity index (χ1) is 4.47. The number of allylic oxidation sites excluding steroid dienone is 1. The molecule has 0 bridgehead atoms. The minimum absolute atomic E-state index is 0.978. The van der Waals surface area contributed by atoms with Crippen molar-refractivity contribution in [2.45, 2.75) is 0 Å². The van der Waals surface area contributed by atoms with Gasteiger partial charge in [-0.1, -0.05) is 0 Å². The summed E-state index contributed by atoms with van der Waals surface area (Å²) in [6.45, 7) is 0. The van der Waals surface area contributed by atoms with Gasteiger partial charge in [-0.2, -0.15) is 0 Å². The molecule has 45 valence electrons. The molecule has 2 aliphatic rings. The average molecular weight is 137 g/mol. The summed E-state index contributed by atoms with van der Waals surface area (Å²) in [5.74, 6) is 0.978. The first kappa shape index (κ1) is 5.11. The third-order valence-electron chi connectivity index (χ3n) is 1.25. The molecule has 1 radical (unpaired) electrons. The van der Waals surface area contributed by atoms with Crippen molar-refractivity contribution < 1.29 is 0 Å². The minimum atomic E-state index is 0.978. The molecule has 0 aromatic heterocycles. The molecule has 9 heavy (non-hydrogen) atoms. The van der Waals surface area contributed by atoms with Gasteiger partial charge in [-0.15, -0.1) is 11.8 Å². The topological polar surface area (TPSA) is 26.5 Å². The van der Waals surface area contributed by atoms with Gasteiger partial charge in [0.2, 0.25) is 0 Å². The molecule has 0 N–H and O–H groups in total. The first-order valence-electron chi connectivity index (χ1n) is 2.71. The van der Waals surface area contributed by atoms with Gasteiger partial charge in [0.1, 0.15) is 6.34 Å². The summed E-state index contributed by atoms with van der Waals surface area (Å²) < 4.78 is 0. The normalized spacial score (nSPS) is 22.2. The van der Waals surface area contributed by atoms with Crippen LogP contribution in [0.2, 0.25) is 0 Å². The maximum atomic E-state index is 4.07. The Morgan fingerprint density at radius 1 is 1.56 bits per heavy atom. The van der Waals surface area contributed by atoms with Gasteiger partial charge in [-0.3, -0.25) is 0 Å². The van der Waals surface area contributed by atoms with Gasteiger partial charge in [0.25, 0.3) is 0 Å². The highest BCUT2D eigenvalue weighted by molar-refractivity contribution is 8.02. The summed E-state index contributed by atoms with van der Waals surface area (Å²) in [7, 11) is 0. The Labute approximate surface area is 57.7 Å². The highest BCUT2D eigenvalue weighted by Crippen LogP contribution is 2.22. The lowest BCUT2D eigenvalue weighted by Gasteiger charge is -2.01. The Morgan fingerprint density at radius 2 is 2.56 bits per heavy atom. The Kier molecular flexibility index (Phi) is 1.09. The zero-order chi connectivity index (χ0) is 6.10. The molecule has 2 rings (SSSR count). The molecule has 2 heterocycles. The van der Waals surface area contributed by atoms with Crippen LogP contribution in [0.1, 0.15) is 0 Å². The van der Waals surface area contributed by atoms with Gasteiger partial charge < -0.3 is 0 Å². The van der Waals surface area contributed by atoms with Gasteiger partial charge in [0, 0.05) is 5.75 Å². The van der Waals surface area contributed by atoms with Crippen molar-refractivity contribution in [1.82, 2.24) is 5.32 Å². The van der Waals surface area contributed by atoms with E-state index in [-0.39, 0.29) is 0 Å². The molecule has 0 fully saturated rings. The molecule has 2 aliphatic heterocycles. The van der Waals surface area contributed by atoms with E-state index in [0.29, 0.717) is 0 Å². The Hall–Kier alpha value is -0.700. The average Bonchev–Trinajstić information content (AvgIpc) is 2.33. The molecule has 0 atom stereocenters. The highest BCUT2D eigenvalue weighted by Gasteiger charge is 2.11. The molecule has 0 aromatic carbocycles. The highest BCUT2D eigenvalue weighted by atomic mass is 32.2. The van der Waals surface area contributed by atoms with Crippen LogP contribution in [-0.4, -0.2) is 12.1 Å². The largest absolute Gasteiger partial charge is 0.238 e. The lowest BCUT2D eigenvalue weighted by atomic mass is 10.3. The fourth-order valence-corrected chi connectivity index (χ4v) is 1.49. The molecule has 0 aliphatic carbocycles. The van der Waals surface area contributed by atoms with E-state index in [2.05, 4.69) is 15.7 Å². The molecular formula is C6H5N2S. The van der Waals surface area contributed by atoms with E-state index in [1.807, 2.05) is 6.08 Å². The second kappa shape index (κ2) is 1.92. The number of nitrogens with zero attached hydrogens (tertiary/aromatic N) is 2. The molecule has 0 amide bonds. The molecule has 3 heteroatoms. The molecule has 0 saturated carbocycles. The van der Waals surface area contributed by atoms with E-state index >= 15 is 0 Å². The fraction of sp³-hybridized carbons (Fsp3) is 0.167. The van der Waals surface area contributed by atoms with Crippen LogP contribution >= 0.6 is 11.8 Å². The standard InChI is InChI=1S/C6H5N2S/c1-2-9-3-6-5(1)7-4-8-6/h1-2,4H,3H2. The summed E-state index contributed by atoms with van der Waals surface area (Å²) in [4.78, 5) is 4.07. The second-order valence-electron chi connectivity index (χ2n) is 1.82. The van der Waals surface area contributed by atoms with E-state index in [9.17, 15) is 0 Å². The van der Waals surface area contributed by atoms with Crippen LogP contribution in [0, 0.1) is 0 Å². The van der Waals surface area contributed by atoms with Gasteiger partial charge in [0.05, 0.1) is 11.4 Å². The number of thioether (sulfide) groups is 1. The summed E-state index contributed by atoms with van der Waals surface area (Å²) in [6, 6.07) is 0. The summed E-state index contributed by atoms with van der Waals surface area (Å²) in [5, 5.41) is 6.10. The van der Waals surface area contributed by atoms with Crippen LogP contribution in [0.25, 0.3) is 0 Å². The van der Waals surface area contributed by atoms with Crippen LogP contribution < -0.4 is 5.32 Å². The first-order valence-corrected chi connectivity index (χ1v) is 3.76. The van der Waals surface area contributed by atoms with Crippen LogP contribution in [0.5, 0.6) is 0 Å². The zero-order valence-electron chi connectivity index (χ0n) is 4.74. The quantitative estimate of drug-likeness (QED) is 0.491. The molecule has 0 spiro atoms. The molecule has 0 aromatic rings. The monoisotopic (exact) mass is 137 g/mol. The number of aliphatic imine (C=N–C) groups is 1. The fourth-order valence-electron chi connectivity index (χ4n) is 0.791. The van der Waals surface area contributed by atoms with E-state index in [1.54, 1.807) is 18.1 Å². The van der Waals surface area contributed by atoms with Crippen molar-refractivity contribution in [2.75, 3.05) is 5.75 Å². The van der Waals surface area contributed by atoms with Crippen LogP contribution in [0.3, 0.4) is 0 Å².